The average molecular weight is 252 g/mol. The summed E-state index contributed by atoms with van der Waals surface area (Å²) < 4.78 is 18.0. The fourth-order valence-corrected chi connectivity index (χ4v) is 2.45. The molecule has 4 heteroatoms. The van der Waals surface area contributed by atoms with Crippen molar-refractivity contribution in [1.82, 2.24) is 0 Å². The smallest absolute Gasteiger partial charge is 0.129 e. The Kier molecular flexibility index (Phi) is 3.76. The number of hydrogen-bond donors (Lipinski definition) is 1. The number of aliphatic hydroxyl groups excluding tert-OH is 1. The van der Waals surface area contributed by atoms with Crippen LogP contribution in [0.3, 0.4) is 0 Å². The topological polar surface area (TPSA) is 29.5 Å². The molecule has 0 radical (unpaired) electrons. The van der Waals surface area contributed by atoms with Crippen molar-refractivity contribution in [2.24, 2.45) is 0 Å². The molecule has 0 aliphatic carbocycles. The van der Waals surface area contributed by atoms with Gasteiger partial charge in [-0.1, -0.05) is 12.1 Å². The summed E-state index contributed by atoms with van der Waals surface area (Å²) in [7, 11) is 1.59. The molecule has 1 aromatic carbocycles. The van der Waals surface area contributed by atoms with Gasteiger partial charge in [-0.05, 0) is 23.8 Å². The molecule has 2 nitrogen and oxygen atoms in total. The molecule has 2 aromatic rings. The van der Waals surface area contributed by atoms with Gasteiger partial charge in [0.2, 0.25) is 0 Å². The van der Waals surface area contributed by atoms with Gasteiger partial charge in [0.1, 0.15) is 11.6 Å². The summed E-state index contributed by atoms with van der Waals surface area (Å²) in [6, 6.07) is 8.08. The first kappa shape index (κ1) is 12.1. The molecule has 1 aromatic heterocycles. The standard InChI is InChI=1S/C13H13FO2S/c1-16-11-7-13(17-8-11)12(15)6-9-3-2-4-10(14)5-9/h2-5,7-8,12,15H,6H2,1H3. The van der Waals surface area contributed by atoms with Crippen molar-refractivity contribution in [2.45, 2.75) is 12.5 Å². The summed E-state index contributed by atoms with van der Waals surface area (Å²) in [4.78, 5) is 0.825. The summed E-state index contributed by atoms with van der Waals surface area (Å²) in [6.45, 7) is 0. The highest BCUT2D eigenvalue weighted by molar-refractivity contribution is 7.10. The molecule has 0 amide bonds. The van der Waals surface area contributed by atoms with E-state index >= 15 is 0 Å². The van der Waals surface area contributed by atoms with E-state index in [-0.39, 0.29) is 5.82 Å². The van der Waals surface area contributed by atoms with E-state index in [4.69, 9.17) is 4.74 Å². The average Bonchev–Trinajstić information content (AvgIpc) is 2.77. The monoisotopic (exact) mass is 252 g/mol. The first-order valence-corrected chi connectivity index (χ1v) is 6.12. The third-order valence-corrected chi connectivity index (χ3v) is 3.49. The molecule has 1 heterocycles. The maximum absolute atomic E-state index is 13.0. The van der Waals surface area contributed by atoms with Crippen LogP contribution in [0.2, 0.25) is 0 Å². The molecule has 17 heavy (non-hydrogen) atoms. The highest BCUT2D eigenvalue weighted by Crippen LogP contribution is 2.28. The van der Waals surface area contributed by atoms with Gasteiger partial charge in [-0.15, -0.1) is 11.3 Å². The minimum Gasteiger partial charge on any atom is -0.496 e. The van der Waals surface area contributed by atoms with Crippen molar-refractivity contribution in [3.05, 3.63) is 52.0 Å². The second-order valence-corrected chi connectivity index (χ2v) is 4.68. The molecule has 0 saturated carbocycles. The van der Waals surface area contributed by atoms with Crippen LogP contribution in [0, 0.1) is 5.82 Å². The Morgan fingerprint density at radius 2 is 2.24 bits per heavy atom. The van der Waals surface area contributed by atoms with E-state index in [9.17, 15) is 9.50 Å². The number of aliphatic hydroxyl groups is 1. The van der Waals surface area contributed by atoms with Gasteiger partial charge in [-0.25, -0.2) is 4.39 Å². The minimum atomic E-state index is -0.620. The SMILES string of the molecule is COc1csc(C(O)Cc2cccc(F)c2)c1. The van der Waals surface area contributed by atoms with E-state index < -0.39 is 6.10 Å². The van der Waals surface area contributed by atoms with Crippen LogP contribution in [0.25, 0.3) is 0 Å². The maximum Gasteiger partial charge on any atom is 0.129 e. The van der Waals surface area contributed by atoms with Crippen molar-refractivity contribution >= 4 is 11.3 Å². The lowest BCUT2D eigenvalue weighted by Gasteiger charge is -2.08. The Morgan fingerprint density at radius 3 is 2.88 bits per heavy atom. The van der Waals surface area contributed by atoms with E-state index in [1.807, 2.05) is 5.38 Å². The third kappa shape index (κ3) is 3.05. The van der Waals surface area contributed by atoms with Gasteiger partial charge in [-0.3, -0.25) is 0 Å². The zero-order valence-corrected chi connectivity index (χ0v) is 10.2. The van der Waals surface area contributed by atoms with Crippen molar-refractivity contribution in [2.75, 3.05) is 7.11 Å². The van der Waals surface area contributed by atoms with Gasteiger partial charge in [0.15, 0.2) is 0 Å². The molecule has 2 rings (SSSR count). The lowest BCUT2D eigenvalue weighted by Crippen LogP contribution is -1.99. The molecule has 0 aliphatic rings. The Bertz CT molecular complexity index is 496. The van der Waals surface area contributed by atoms with Crippen LogP contribution in [-0.2, 0) is 6.42 Å². The molecular weight excluding hydrogens is 239 g/mol. The zero-order valence-electron chi connectivity index (χ0n) is 9.39. The molecule has 1 unspecified atom stereocenters. The van der Waals surface area contributed by atoms with Crippen molar-refractivity contribution in [3.8, 4) is 5.75 Å². The summed E-state index contributed by atoms with van der Waals surface area (Å²) in [5, 5.41) is 11.8. The van der Waals surface area contributed by atoms with Crippen LogP contribution in [0.15, 0.2) is 35.7 Å². The van der Waals surface area contributed by atoms with Crippen molar-refractivity contribution in [1.29, 1.82) is 0 Å². The van der Waals surface area contributed by atoms with Gasteiger partial charge in [-0.2, -0.15) is 0 Å². The first-order valence-electron chi connectivity index (χ1n) is 5.24. The number of benzene rings is 1. The van der Waals surface area contributed by atoms with Gasteiger partial charge >= 0.3 is 0 Å². The minimum absolute atomic E-state index is 0.279. The second kappa shape index (κ2) is 5.29. The quantitative estimate of drug-likeness (QED) is 0.905. The highest BCUT2D eigenvalue weighted by atomic mass is 32.1. The number of thiophene rings is 1. The molecular formula is C13H13FO2S. The van der Waals surface area contributed by atoms with E-state index in [0.29, 0.717) is 6.42 Å². The zero-order chi connectivity index (χ0) is 12.3. The van der Waals surface area contributed by atoms with Gasteiger partial charge in [0, 0.05) is 16.7 Å². The number of halogens is 1. The molecule has 1 N–H and O–H groups in total. The van der Waals surface area contributed by atoms with Crippen LogP contribution in [-0.4, -0.2) is 12.2 Å². The maximum atomic E-state index is 13.0. The molecule has 0 saturated heterocycles. The third-order valence-electron chi connectivity index (χ3n) is 2.48. The van der Waals surface area contributed by atoms with E-state index in [1.165, 1.54) is 23.5 Å². The second-order valence-electron chi connectivity index (χ2n) is 3.74. The number of rotatable bonds is 4. The van der Waals surface area contributed by atoms with Crippen LogP contribution in [0.5, 0.6) is 5.75 Å². The fraction of sp³-hybridized carbons (Fsp3) is 0.231. The van der Waals surface area contributed by atoms with Gasteiger partial charge in [0.05, 0.1) is 13.2 Å². The van der Waals surface area contributed by atoms with Crippen LogP contribution in [0.1, 0.15) is 16.5 Å². The lowest BCUT2D eigenvalue weighted by atomic mass is 10.1. The predicted molar refractivity (Wildman–Crippen MR) is 65.9 cm³/mol. The summed E-state index contributed by atoms with van der Waals surface area (Å²) in [5.74, 6) is 0.460. The molecule has 0 fully saturated rings. The summed E-state index contributed by atoms with van der Waals surface area (Å²) in [6.07, 6.45) is -0.216. The predicted octanol–water partition coefficient (Wildman–Crippen LogP) is 3.17. The lowest BCUT2D eigenvalue weighted by molar-refractivity contribution is 0.182. The molecule has 1 atom stereocenters. The van der Waals surface area contributed by atoms with Gasteiger partial charge < -0.3 is 9.84 Å². The van der Waals surface area contributed by atoms with Crippen LogP contribution in [0.4, 0.5) is 4.39 Å². The Labute approximate surface area is 103 Å². The van der Waals surface area contributed by atoms with Crippen molar-refractivity contribution in [3.63, 3.8) is 0 Å². The van der Waals surface area contributed by atoms with E-state index in [2.05, 4.69) is 0 Å². The molecule has 0 aliphatic heterocycles. The van der Waals surface area contributed by atoms with Gasteiger partial charge in [0.25, 0.3) is 0 Å². The Morgan fingerprint density at radius 1 is 1.41 bits per heavy atom. The normalized spacial score (nSPS) is 12.4. The van der Waals surface area contributed by atoms with E-state index in [1.54, 1.807) is 25.3 Å². The molecule has 0 spiro atoms. The van der Waals surface area contributed by atoms with E-state index in [0.717, 1.165) is 16.2 Å². The summed E-state index contributed by atoms with van der Waals surface area (Å²) in [5.41, 5.74) is 0.782. The number of hydrogen-bond acceptors (Lipinski definition) is 3. The van der Waals surface area contributed by atoms with Crippen LogP contribution < -0.4 is 4.74 Å². The van der Waals surface area contributed by atoms with Crippen molar-refractivity contribution < 1.29 is 14.2 Å². The Balaban J connectivity index is 2.08. The molecule has 0 bridgehead atoms. The molecule has 90 valence electrons. The first-order chi connectivity index (χ1) is 8.19. The summed E-state index contributed by atoms with van der Waals surface area (Å²) >= 11 is 1.44. The Hall–Kier alpha value is -1.39. The fourth-order valence-electron chi connectivity index (χ4n) is 1.60. The highest BCUT2D eigenvalue weighted by Gasteiger charge is 2.12. The number of methoxy groups -OCH3 is 1. The van der Waals surface area contributed by atoms with Crippen LogP contribution >= 0.6 is 11.3 Å². The largest absolute Gasteiger partial charge is 0.496 e. The number of ether oxygens (including phenoxy) is 1.